The summed E-state index contributed by atoms with van der Waals surface area (Å²) in [6.45, 7) is 8.62. The van der Waals surface area contributed by atoms with Crippen LogP contribution in [0.15, 0.2) is 36.7 Å². The SMILES string of the molecule is CC1(C)[C@H]2Cc3cc4[nH]c(C5CCCO5)nc4cc3[C@]1(C)CCN2C(=O)c1ccc2nc[nH]c2c1. The number of carbonyl (C=O) groups excluding carboxylic acids is 1. The molecule has 2 N–H and O–H groups in total. The summed E-state index contributed by atoms with van der Waals surface area (Å²) in [4.78, 5) is 31.8. The molecule has 2 saturated heterocycles. The number of piperidine rings is 1. The lowest BCUT2D eigenvalue weighted by Gasteiger charge is -2.60. The fraction of sp³-hybridized carbons (Fsp3) is 0.464. The van der Waals surface area contributed by atoms with Crippen molar-refractivity contribution in [2.45, 2.75) is 64.0 Å². The second kappa shape index (κ2) is 7.17. The Kier molecular flexibility index (Phi) is 4.32. The number of hydrogen-bond donors (Lipinski definition) is 2. The molecule has 35 heavy (non-hydrogen) atoms. The van der Waals surface area contributed by atoms with E-state index < -0.39 is 0 Å². The standard InChI is InChI=1S/C28H31N5O2/c1-27(2)24-13-17-12-21-22(32-25(31-21)23-5-4-10-35-23)14-18(17)28(27,3)8-9-33(24)26(34)16-6-7-19-20(11-16)30-15-29-19/h6-7,11-12,14-15,23-24H,4-5,8-10,13H2,1-3H3,(H,29,30)(H,31,32)/t23?,24-,28+/m1/s1. The van der Waals surface area contributed by atoms with Gasteiger partial charge in [-0.15, -0.1) is 0 Å². The number of likely N-dealkylation sites (tertiary alicyclic amines) is 1. The lowest BCUT2D eigenvalue weighted by atomic mass is 9.51. The van der Waals surface area contributed by atoms with Gasteiger partial charge in [-0.3, -0.25) is 4.79 Å². The number of aromatic nitrogens is 4. The highest BCUT2D eigenvalue weighted by Crippen LogP contribution is 2.56. The average Bonchev–Trinajstić information content (AvgIpc) is 3.60. The molecular weight excluding hydrogens is 438 g/mol. The van der Waals surface area contributed by atoms with E-state index in [2.05, 4.69) is 52.8 Å². The van der Waals surface area contributed by atoms with Crippen molar-refractivity contribution in [2.75, 3.05) is 13.2 Å². The molecule has 1 aliphatic carbocycles. The zero-order valence-electron chi connectivity index (χ0n) is 20.5. The number of imidazole rings is 2. The molecule has 3 aliphatic rings. The van der Waals surface area contributed by atoms with E-state index in [1.807, 2.05) is 18.2 Å². The second-order valence-electron chi connectivity index (χ2n) is 11.3. The molecule has 0 radical (unpaired) electrons. The van der Waals surface area contributed by atoms with Gasteiger partial charge >= 0.3 is 0 Å². The Labute approximate surface area is 204 Å². The molecule has 3 atom stereocenters. The number of nitrogens with one attached hydrogen (secondary N) is 2. The fourth-order valence-corrected chi connectivity index (χ4v) is 6.86. The first-order valence-electron chi connectivity index (χ1n) is 12.7. The van der Waals surface area contributed by atoms with Crippen LogP contribution in [0.25, 0.3) is 22.1 Å². The molecule has 1 amide bonds. The first-order chi connectivity index (χ1) is 16.8. The minimum absolute atomic E-state index is 0.0352. The molecule has 7 nitrogen and oxygen atoms in total. The maximum Gasteiger partial charge on any atom is 0.254 e. The van der Waals surface area contributed by atoms with Gasteiger partial charge < -0.3 is 19.6 Å². The van der Waals surface area contributed by atoms with E-state index >= 15 is 0 Å². The molecule has 2 aromatic heterocycles. The van der Waals surface area contributed by atoms with Gasteiger partial charge in [0.25, 0.3) is 5.91 Å². The third-order valence-corrected chi connectivity index (χ3v) is 9.38. The number of hydrogen-bond acceptors (Lipinski definition) is 4. The van der Waals surface area contributed by atoms with Gasteiger partial charge in [-0.25, -0.2) is 9.97 Å². The average molecular weight is 470 g/mol. The van der Waals surface area contributed by atoms with Crippen molar-refractivity contribution in [2.24, 2.45) is 5.41 Å². The number of aromatic amines is 2. The van der Waals surface area contributed by atoms with Crippen LogP contribution in [-0.2, 0) is 16.6 Å². The van der Waals surface area contributed by atoms with Gasteiger partial charge in [0.1, 0.15) is 11.9 Å². The molecule has 4 aromatic rings. The van der Waals surface area contributed by atoms with Crippen LogP contribution in [0.2, 0.25) is 0 Å². The molecule has 2 bridgehead atoms. The van der Waals surface area contributed by atoms with E-state index in [0.717, 1.165) is 72.3 Å². The number of ether oxygens (including phenoxy) is 1. The summed E-state index contributed by atoms with van der Waals surface area (Å²) >= 11 is 0. The van der Waals surface area contributed by atoms with Crippen LogP contribution in [0, 0.1) is 5.41 Å². The first-order valence-corrected chi connectivity index (χ1v) is 12.7. The summed E-state index contributed by atoms with van der Waals surface area (Å²) in [6.07, 6.45) is 5.63. The molecule has 180 valence electrons. The van der Waals surface area contributed by atoms with Crippen LogP contribution >= 0.6 is 0 Å². The monoisotopic (exact) mass is 469 g/mol. The maximum absolute atomic E-state index is 13.8. The number of H-pyrrole nitrogens is 2. The molecule has 4 heterocycles. The fourth-order valence-electron chi connectivity index (χ4n) is 6.86. The van der Waals surface area contributed by atoms with Crippen molar-refractivity contribution in [3.05, 3.63) is 59.2 Å². The Bertz CT molecular complexity index is 1480. The number of rotatable bonds is 2. The molecule has 0 saturated carbocycles. The summed E-state index contributed by atoms with van der Waals surface area (Å²) in [5, 5.41) is 0. The number of amides is 1. The van der Waals surface area contributed by atoms with Gasteiger partial charge in [-0.1, -0.05) is 20.8 Å². The largest absolute Gasteiger partial charge is 0.370 e. The summed E-state index contributed by atoms with van der Waals surface area (Å²) < 4.78 is 5.88. The van der Waals surface area contributed by atoms with E-state index in [9.17, 15) is 4.79 Å². The Morgan fingerprint density at radius 1 is 1.14 bits per heavy atom. The minimum atomic E-state index is -0.0760. The van der Waals surface area contributed by atoms with Crippen LogP contribution in [-0.4, -0.2) is 49.9 Å². The van der Waals surface area contributed by atoms with E-state index in [-0.39, 0.29) is 28.9 Å². The molecule has 0 spiro atoms. The van der Waals surface area contributed by atoms with Crippen molar-refractivity contribution in [3.63, 3.8) is 0 Å². The first kappa shape index (κ1) is 21.1. The van der Waals surface area contributed by atoms with Gasteiger partial charge in [-0.2, -0.15) is 0 Å². The summed E-state index contributed by atoms with van der Waals surface area (Å²) in [6, 6.07) is 10.5. The Balaban J connectivity index is 1.29. The maximum atomic E-state index is 13.8. The van der Waals surface area contributed by atoms with Gasteiger partial charge in [0, 0.05) is 30.2 Å². The molecule has 1 unspecified atom stereocenters. The van der Waals surface area contributed by atoms with Crippen LogP contribution < -0.4 is 0 Å². The predicted molar refractivity (Wildman–Crippen MR) is 134 cm³/mol. The Hall–Kier alpha value is -3.19. The van der Waals surface area contributed by atoms with Crippen LogP contribution in [0.3, 0.4) is 0 Å². The quantitative estimate of drug-likeness (QED) is 0.430. The lowest BCUT2D eigenvalue weighted by Crippen LogP contribution is -2.64. The van der Waals surface area contributed by atoms with E-state index in [4.69, 9.17) is 9.72 Å². The van der Waals surface area contributed by atoms with Crippen molar-refractivity contribution < 1.29 is 9.53 Å². The third-order valence-electron chi connectivity index (χ3n) is 9.38. The highest BCUT2D eigenvalue weighted by molar-refractivity contribution is 5.97. The molecular formula is C28H31N5O2. The van der Waals surface area contributed by atoms with Gasteiger partial charge in [0.15, 0.2) is 0 Å². The van der Waals surface area contributed by atoms with Crippen molar-refractivity contribution in [1.82, 2.24) is 24.8 Å². The van der Waals surface area contributed by atoms with Crippen LogP contribution in [0.1, 0.15) is 73.4 Å². The normalized spacial score (nSPS) is 27.5. The Morgan fingerprint density at radius 2 is 2.03 bits per heavy atom. The zero-order valence-corrected chi connectivity index (χ0v) is 20.5. The number of nitrogens with zero attached hydrogens (tertiary/aromatic N) is 3. The minimum Gasteiger partial charge on any atom is -0.370 e. The predicted octanol–water partition coefficient (Wildman–Crippen LogP) is 5.05. The van der Waals surface area contributed by atoms with Gasteiger partial charge in [0.05, 0.1) is 28.4 Å². The van der Waals surface area contributed by atoms with Crippen LogP contribution in [0.5, 0.6) is 0 Å². The second-order valence-corrected chi connectivity index (χ2v) is 11.3. The van der Waals surface area contributed by atoms with Gasteiger partial charge in [0.2, 0.25) is 0 Å². The summed E-state index contributed by atoms with van der Waals surface area (Å²) in [5.41, 5.74) is 7.20. The molecule has 2 aromatic carbocycles. The van der Waals surface area contributed by atoms with Crippen molar-refractivity contribution in [3.8, 4) is 0 Å². The highest BCUT2D eigenvalue weighted by atomic mass is 16.5. The molecule has 7 rings (SSSR count). The number of carbonyl (C=O) groups is 1. The van der Waals surface area contributed by atoms with E-state index in [0.29, 0.717) is 0 Å². The third kappa shape index (κ3) is 2.91. The van der Waals surface area contributed by atoms with Gasteiger partial charge in [-0.05, 0) is 72.6 Å². The summed E-state index contributed by atoms with van der Waals surface area (Å²) in [7, 11) is 0. The Morgan fingerprint density at radius 3 is 2.86 bits per heavy atom. The zero-order chi connectivity index (χ0) is 23.9. The van der Waals surface area contributed by atoms with Crippen molar-refractivity contribution >= 4 is 28.0 Å². The highest BCUT2D eigenvalue weighted by Gasteiger charge is 2.57. The van der Waals surface area contributed by atoms with Crippen LogP contribution in [0.4, 0.5) is 0 Å². The van der Waals surface area contributed by atoms with E-state index in [1.165, 1.54) is 11.1 Å². The summed E-state index contributed by atoms with van der Waals surface area (Å²) in [5.74, 6) is 1.05. The number of fused-ring (bicyclic) bond motifs is 6. The smallest absolute Gasteiger partial charge is 0.254 e. The van der Waals surface area contributed by atoms with E-state index in [1.54, 1.807) is 6.33 Å². The molecule has 2 aliphatic heterocycles. The topological polar surface area (TPSA) is 86.9 Å². The van der Waals surface area contributed by atoms with Crippen molar-refractivity contribution in [1.29, 1.82) is 0 Å². The molecule has 7 heteroatoms. The molecule has 2 fully saturated rings. The number of benzene rings is 2. The lowest BCUT2D eigenvalue weighted by molar-refractivity contribution is -0.0261.